The highest BCUT2D eigenvalue weighted by atomic mass is 16.5. The molecule has 0 aliphatic heterocycles. The summed E-state index contributed by atoms with van der Waals surface area (Å²) in [6, 6.07) is 6.30. The van der Waals surface area contributed by atoms with Gasteiger partial charge >= 0.3 is 0 Å². The summed E-state index contributed by atoms with van der Waals surface area (Å²) in [4.78, 5) is 13.1. The molecular formula is C21H22O6. The van der Waals surface area contributed by atoms with Crippen molar-refractivity contribution in [3.8, 4) is 23.0 Å². The average molecular weight is 370 g/mol. The number of carbonyl (C=O) groups excluding carboxylic acids is 1. The number of fused-ring (bicyclic) bond motifs is 1. The molecule has 6 heteroatoms. The standard InChI is InChI=1S/C21H22O6/c1-25-18-10-16-14(5-4-6-15(16)20(26-2)21(18)27-3)19(24)12-7-8-13(11-22)17(23)9-12/h5,7-10,22-23H,4,6,11H2,1-3H3. The Bertz CT molecular complexity index is 913. The van der Waals surface area contributed by atoms with Crippen LogP contribution in [0.25, 0.3) is 5.57 Å². The van der Waals surface area contributed by atoms with E-state index in [2.05, 4.69) is 0 Å². The normalized spacial score (nSPS) is 12.8. The van der Waals surface area contributed by atoms with Crippen LogP contribution in [0, 0.1) is 0 Å². The zero-order chi connectivity index (χ0) is 19.6. The van der Waals surface area contributed by atoms with Crippen molar-refractivity contribution < 1.29 is 29.2 Å². The van der Waals surface area contributed by atoms with E-state index in [9.17, 15) is 15.0 Å². The van der Waals surface area contributed by atoms with Crippen LogP contribution < -0.4 is 14.2 Å². The number of benzene rings is 2. The number of methoxy groups -OCH3 is 3. The first-order valence-electron chi connectivity index (χ1n) is 8.55. The maximum absolute atomic E-state index is 13.1. The topological polar surface area (TPSA) is 85.2 Å². The van der Waals surface area contributed by atoms with Crippen molar-refractivity contribution in [2.75, 3.05) is 21.3 Å². The number of aliphatic hydroxyl groups excluding tert-OH is 1. The lowest BCUT2D eigenvalue weighted by molar-refractivity contribution is 0.105. The van der Waals surface area contributed by atoms with Gasteiger partial charge in [-0.1, -0.05) is 18.2 Å². The Morgan fingerprint density at radius 1 is 1.07 bits per heavy atom. The van der Waals surface area contributed by atoms with Gasteiger partial charge in [-0.05, 0) is 30.5 Å². The van der Waals surface area contributed by atoms with Gasteiger partial charge < -0.3 is 24.4 Å². The Morgan fingerprint density at radius 2 is 1.81 bits per heavy atom. The van der Waals surface area contributed by atoms with Gasteiger partial charge in [0.1, 0.15) is 5.75 Å². The highest BCUT2D eigenvalue weighted by Gasteiger charge is 2.27. The molecule has 0 bridgehead atoms. The predicted octanol–water partition coefficient (Wildman–Crippen LogP) is 3.12. The highest BCUT2D eigenvalue weighted by Crippen LogP contribution is 2.46. The third-order valence-corrected chi connectivity index (χ3v) is 4.73. The zero-order valence-electron chi connectivity index (χ0n) is 15.5. The Labute approximate surface area is 157 Å². The fourth-order valence-electron chi connectivity index (χ4n) is 3.38. The van der Waals surface area contributed by atoms with Crippen LogP contribution in [0.2, 0.25) is 0 Å². The minimum Gasteiger partial charge on any atom is -0.508 e. The number of allylic oxidation sites excluding steroid dienone is 2. The molecule has 0 saturated heterocycles. The molecule has 0 heterocycles. The summed E-state index contributed by atoms with van der Waals surface area (Å²) in [5.41, 5.74) is 2.85. The summed E-state index contributed by atoms with van der Waals surface area (Å²) < 4.78 is 16.4. The molecule has 0 aromatic heterocycles. The van der Waals surface area contributed by atoms with E-state index >= 15 is 0 Å². The van der Waals surface area contributed by atoms with Crippen LogP contribution in [0.15, 0.2) is 30.3 Å². The van der Waals surface area contributed by atoms with Gasteiger partial charge in [0.25, 0.3) is 0 Å². The second-order valence-corrected chi connectivity index (χ2v) is 6.16. The number of aliphatic hydroxyl groups is 1. The number of hydrogen-bond donors (Lipinski definition) is 2. The minimum atomic E-state index is -0.292. The number of phenols is 1. The van der Waals surface area contributed by atoms with Crippen molar-refractivity contribution >= 4 is 11.4 Å². The summed E-state index contributed by atoms with van der Waals surface area (Å²) in [6.45, 7) is -0.292. The van der Waals surface area contributed by atoms with Gasteiger partial charge in [-0.15, -0.1) is 0 Å². The molecule has 0 spiro atoms. The first-order chi connectivity index (χ1) is 13.0. The lowest BCUT2D eigenvalue weighted by Gasteiger charge is -2.23. The molecule has 6 nitrogen and oxygen atoms in total. The molecule has 0 unspecified atom stereocenters. The summed E-state index contributed by atoms with van der Waals surface area (Å²) in [7, 11) is 4.63. The summed E-state index contributed by atoms with van der Waals surface area (Å²) in [5.74, 6) is 1.21. The van der Waals surface area contributed by atoms with Crippen molar-refractivity contribution in [1.82, 2.24) is 0 Å². The summed E-state index contributed by atoms with van der Waals surface area (Å²) in [6.07, 6.45) is 3.28. The summed E-state index contributed by atoms with van der Waals surface area (Å²) >= 11 is 0. The van der Waals surface area contributed by atoms with E-state index in [0.717, 1.165) is 11.1 Å². The van der Waals surface area contributed by atoms with E-state index < -0.39 is 0 Å². The molecular weight excluding hydrogens is 348 g/mol. The van der Waals surface area contributed by atoms with Gasteiger partial charge in [0, 0.05) is 22.3 Å². The van der Waals surface area contributed by atoms with Crippen LogP contribution in [0.5, 0.6) is 23.0 Å². The van der Waals surface area contributed by atoms with Crippen LogP contribution >= 0.6 is 0 Å². The largest absolute Gasteiger partial charge is 0.508 e. The van der Waals surface area contributed by atoms with E-state index in [0.29, 0.717) is 46.8 Å². The van der Waals surface area contributed by atoms with Crippen LogP contribution in [0.1, 0.15) is 33.5 Å². The number of ether oxygens (including phenoxy) is 3. The average Bonchev–Trinajstić information content (AvgIpc) is 2.70. The minimum absolute atomic E-state index is 0.107. The smallest absolute Gasteiger partial charge is 0.203 e. The van der Waals surface area contributed by atoms with E-state index in [1.807, 2.05) is 6.08 Å². The number of Topliss-reactive ketones (excluding diaryl/α,β-unsaturated/α-hetero) is 1. The second kappa shape index (κ2) is 7.72. The molecule has 27 heavy (non-hydrogen) atoms. The molecule has 2 aromatic rings. The van der Waals surface area contributed by atoms with Crippen LogP contribution in [0.4, 0.5) is 0 Å². The van der Waals surface area contributed by atoms with Crippen molar-refractivity contribution in [3.63, 3.8) is 0 Å². The molecule has 3 rings (SSSR count). The number of hydrogen-bond acceptors (Lipinski definition) is 6. The SMILES string of the molecule is COc1cc2c(c(OC)c1OC)CCC=C2C(=O)c1ccc(CO)c(O)c1. The predicted molar refractivity (Wildman–Crippen MR) is 101 cm³/mol. The summed E-state index contributed by atoms with van der Waals surface area (Å²) in [5, 5.41) is 19.2. The van der Waals surface area contributed by atoms with Gasteiger partial charge in [-0.25, -0.2) is 0 Å². The molecule has 0 fully saturated rings. The fraction of sp³-hybridized carbons (Fsp3) is 0.286. The zero-order valence-corrected chi connectivity index (χ0v) is 15.5. The monoisotopic (exact) mass is 370 g/mol. The number of carbonyl (C=O) groups is 1. The number of aromatic hydroxyl groups is 1. The van der Waals surface area contributed by atoms with Crippen LogP contribution in [-0.2, 0) is 13.0 Å². The van der Waals surface area contributed by atoms with Crippen LogP contribution in [-0.4, -0.2) is 37.3 Å². The van der Waals surface area contributed by atoms with Crippen molar-refractivity contribution in [3.05, 3.63) is 52.6 Å². The van der Waals surface area contributed by atoms with Crippen molar-refractivity contribution in [2.24, 2.45) is 0 Å². The van der Waals surface area contributed by atoms with Gasteiger partial charge in [-0.3, -0.25) is 4.79 Å². The first kappa shape index (κ1) is 18.8. The molecule has 0 radical (unpaired) electrons. The van der Waals surface area contributed by atoms with E-state index in [4.69, 9.17) is 14.2 Å². The van der Waals surface area contributed by atoms with Crippen LogP contribution in [0.3, 0.4) is 0 Å². The van der Waals surface area contributed by atoms with Gasteiger partial charge in [-0.2, -0.15) is 0 Å². The van der Waals surface area contributed by atoms with Gasteiger partial charge in [0.15, 0.2) is 17.3 Å². The first-order valence-corrected chi connectivity index (χ1v) is 8.55. The number of ketones is 1. The second-order valence-electron chi connectivity index (χ2n) is 6.16. The molecule has 1 aliphatic rings. The third kappa shape index (κ3) is 3.24. The maximum atomic E-state index is 13.1. The Kier molecular flexibility index (Phi) is 5.37. The molecule has 1 aliphatic carbocycles. The molecule has 0 atom stereocenters. The van der Waals surface area contributed by atoms with Gasteiger partial charge in [0.05, 0.1) is 27.9 Å². The molecule has 142 valence electrons. The fourth-order valence-corrected chi connectivity index (χ4v) is 3.38. The van der Waals surface area contributed by atoms with Crippen molar-refractivity contribution in [2.45, 2.75) is 19.4 Å². The third-order valence-electron chi connectivity index (χ3n) is 4.73. The van der Waals surface area contributed by atoms with Crippen molar-refractivity contribution in [1.29, 1.82) is 0 Å². The molecule has 2 aromatic carbocycles. The Morgan fingerprint density at radius 3 is 2.41 bits per heavy atom. The molecule has 2 N–H and O–H groups in total. The van der Waals surface area contributed by atoms with E-state index in [-0.39, 0.29) is 18.1 Å². The maximum Gasteiger partial charge on any atom is 0.203 e. The van der Waals surface area contributed by atoms with Gasteiger partial charge in [0.2, 0.25) is 5.75 Å². The van der Waals surface area contributed by atoms with E-state index in [1.165, 1.54) is 13.2 Å². The lowest BCUT2D eigenvalue weighted by Crippen LogP contribution is -2.11. The molecule has 0 saturated carbocycles. The Balaban J connectivity index is 2.11. The lowest BCUT2D eigenvalue weighted by atomic mass is 9.85. The molecule has 0 amide bonds. The number of rotatable bonds is 6. The Hall–Kier alpha value is -2.99. The van der Waals surface area contributed by atoms with E-state index in [1.54, 1.807) is 32.4 Å². The quantitative estimate of drug-likeness (QED) is 0.760. The highest BCUT2D eigenvalue weighted by molar-refractivity contribution is 6.29.